The van der Waals surface area contributed by atoms with E-state index in [9.17, 15) is 13.2 Å². The molecule has 0 saturated carbocycles. The zero-order valence-corrected chi connectivity index (χ0v) is 10.2. The molecule has 4 nitrogen and oxygen atoms in total. The van der Waals surface area contributed by atoms with Crippen molar-refractivity contribution >= 4 is 11.6 Å². The summed E-state index contributed by atoms with van der Waals surface area (Å²) in [5.74, 6) is 5.11. The molecule has 17 heavy (non-hydrogen) atoms. The van der Waals surface area contributed by atoms with Crippen LogP contribution in [0.1, 0.15) is 17.7 Å². The average Bonchev–Trinajstić information content (AvgIpc) is 2.42. The van der Waals surface area contributed by atoms with Crippen molar-refractivity contribution in [3.8, 4) is 0 Å². The summed E-state index contributed by atoms with van der Waals surface area (Å²) in [4.78, 5) is 0. The summed E-state index contributed by atoms with van der Waals surface area (Å²) in [6, 6.07) is -0.907. The number of alkyl halides is 3. The van der Waals surface area contributed by atoms with E-state index < -0.39 is 18.6 Å². The number of hydrogen-bond donors (Lipinski definition) is 2. The minimum Gasteiger partial charge on any atom is -0.271 e. The predicted molar refractivity (Wildman–Crippen MR) is 58.4 cm³/mol. The fourth-order valence-corrected chi connectivity index (χ4v) is 1.87. The molecule has 0 bridgehead atoms. The number of halogens is 4. The van der Waals surface area contributed by atoms with Crippen LogP contribution in [0.25, 0.3) is 0 Å². The summed E-state index contributed by atoms with van der Waals surface area (Å²) in [6.45, 7) is 1.70. The molecule has 0 aliphatic heterocycles. The Morgan fingerprint density at radius 1 is 1.53 bits per heavy atom. The van der Waals surface area contributed by atoms with Crippen LogP contribution >= 0.6 is 11.6 Å². The van der Waals surface area contributed by atoms with Crippen LogP contribution in [-0.4, -0.2) is 22.0 Å². The fraction of sp³-hybridized carbons (Fsp3) is 0.667. The van der Waals surface area contributed by atoms with Crippen LogP contribution in [0.5, 0.6) is 0 Å². The molecular formula is C9H14ClF3N4. The number of nitrogens with two attached hydrogens (primary N) is 1. The first-order valence-corrected chi connectivity index (χ1v) is 5.33. The maximum absolute atomic E-state index is 12.3. The molecule has 1 unspecified atom stereocenters. The largest absolute Gasteiger partial charge is 0.390 e. The summed E-state index contributed by atoms with van der Waals surface area (Å²) < 4.78 is 38.2. The van der Waals surface area contributed by atoms with Crippen LogP contribution in [0.3, 0.4) is 0 Å². The lowest BCUT2D eigenvalue weighted by molar-refractivity contribution is -0.140. The second-order valence-corrected chi connectivity index (χ2v) is 4.22. The number of rotatable bonds is 4. The van der Waals surface area contributed by atoms with Gasteiger partial charge in [0.15, 0.2) is 0 Å². The van der Waals surface area contributed by atoms with Gasteiger partial charge >= 0.3 is 6.18 Å². The van der Waals surface area contributed by atoms with E-state index in [1.54, 1.807) is 14.0 Å². The van der Waals surface area contributed by atoms with Gasteiger partial charge in [0.25, 0.3) is 0 Å². The number of nitrogens with one attached hydrogen (secondary N) is 1. The van der Waals surface area contributed by atoms with Crippen LogP contribution in [0.4, 0.5) is 13.2 Å². The third-order valence-electron chi connectivity index (χ3n) is 2.43. The Hall–Kier alpha value is -0.790. The van der Waals surface area contributed by atoms with Gasteiger partial charge in [-0.05, 0) is 13.3 Å². The SMILES string of the molecule is Cc1nn(C)c(Cl)c1CC(CC(F)(F)F)NN. The van der Waals surface area contributed by atoms with E-state index in [1.807, 2.05) is 0 Å². The van der Waals surface area contributed by atoms with Crippen molar-refractivity contribution in [1.29, 1.82) is 0 Å². The van der Waals surface area contributed by atoms with E-state index in [0.29, 0.717) is 16.4 Å². The van der Waals surface area contributed by atoms with Gasteiger partial charge in [0.1, 0.15) is 5.15 Å². The Bertz CT molecular complexity index is 388. The van der Waals surface area contributed by atoms with Gasteiger partial charge in [0, 0.05) is 18.7 Å². The van der Waals surface area contributed by atoms with Crippen LogP contribution in [0, 0.1) is 6.92 Å². The lowest BCUT2D eigenvalue weighted by Crippen LogP contribution is -2.40. The van der Waals surface area contributed by atoms with Gasteiger partial charge in [-0.2, -0.15) is 18.3 Å². The number of aryl methyl sites for hydroxylation is 2. The number of hydrogen-bond acceptors (Lipinski definition) is 3. The number of hydrazine groups is 1. The van der Waals surface area contributed by atoms with E-state index in [2.05, 4.69) is 10.5 Å². The molecule has 0 spiro atoms. The zero-order chi connectivity index (χ0) is 13.2. The Balaban J connectivity index is 2.81. The molecule has 1 atom stereocenters. The molecule has 1 aromatic heterocycles. The first-order chi connectivity index (χ1) is 7.74. The first kappa shape index (κ1) is 14.3. The molecule has 1 aromatic rings. The maximum atomic E-state index is 12.3. The molecule has 1 heterocycles. The van der Waals surface area contributed by atoms with Crippen molar-refractivity contribution in [1.82, 2.24) is 15.2 Å². The second-order valence-electron chi connectivity index (χ2n) is 3.87. The molecular weight excluding hydrogens is 257 g/mol. The van der Waals surface area contributed by atoms with Gasteiger partial charge in [0.2, 0.25) is 0 Å². The predicted octanol–water partition coefficient (Wildman–Crippen LogP) is 1.71. The molecule has 0 amide bonds. The fourth-order valence-electron chi connectivity index (χ4n) is 1.62. The third-order valence-corrected chi connectivity index (χ3v) is 2.91. The van der Waals surface area contributed by atoms with Crippen molar-refractivity contribution in [2.45, 2.75) is 32.0 Å². The quantitative estimate of drug-likeness (QED) is 0.647. The summed E-state index contributed by atoms with van der Waals surface area (Å²) in [5.41, 5.74) is 3.35. The summed E-state index contributed by atoms with van der Waals surface area (Å²) >= 11 is 5.94. The van der Waals surface area contributed by atoms with Crippen molar-refractivity contribution < 1.29 is 13.2 Å². The minimum absolute atomic E-state index is 0.0918. The highest BCUT2D eigenvalue weighted by atomic mass is 35.5. The lowest BCUT2D eigenvalue weighted by atomic mass is 10.0. The highest BCUT2D eigenvalue weighted by Crippen LogP contribution is 2.26. The smallest absolute Gasteiger partial charge is 0.271 e. The molecule has 1 rings (SSSR count). The van der Waals surface area contributed by atoms with Crippen molar-refractivity contribution in [2.75, 3.05) is 0 Å². The topological polar surface area (TPSA) is 55.9 Å². The third kappa shape index (κ3) is 3.86. The molecule has 0 aromatic carbocycles. The van der Waals surface area contributed by atoms with Crippen LogP contribution in [0.15, 0.2) is 0 Å². The summed E-state index contributed by atoms with van der Waals surface area (Å²) in [7, 11) is 1.63. The Morgan fingerprint density at radius 2 is 2.12 bits per heavy atom. The molecule has 0 radical (unpaired) electrons. The van der Waals surface area contributed by atoms with Crippen molar-refractivity contribution in [2.24, 2.45) is 12.9 Å². The molecule has 3 N–H and O–H groups in total. The molecule has 0 saturated heterocycles. The molecule has 0 fully saturated rings. The highest BCUT2D eigenvalue weighted by Gasteiger charge is 2.32. The summed E-state index contributed by atoms with van der Waals surface area (Å²) in [6.07, 6.45) is -5.18. The van der Waals surface area contributed by atoms with E-state index in [0.717, 1.165) is 0 Å². The van der Waals surface area contributed by atoms with Gasteiger partial charge in [-0.15, -0.1) is 0 Å². The second kappa shape index (κ2) is 5.24. The minimum atomic E-state index is -4.26. The van der Waals surface area contributed by atoms with Gasteiger partial charge in [-0.25, -0.2) is 0 Å². The zero-order valence-electron chi connectivity index (χ0n) is 9.48. The molecule has 98 valence electrons. The Kier molecular flexibility index (Phi) is 4.40. The van der Waals surface area contributed by atoms with E-state index in [-0.39, 0.29) is 6.42 Å². The summed E-state index contributed by atoms with van der Waals surface area (Å²) in [5, 5.41) is 4.37. The number of nitrogens with zero attached hydrogens (tertiary/aromatic N) is 2. The molecule has 0 aliphatic rings. The monoisotopic (exact) mass is 270 g/mol. The molecule has 8 heteroatoms. The highest BCUT2D eigenvalue weighted by molar-refractivity contribution is 6.30. The van der Waals surface area contributed by atoms with E-state index in [1.165, 1.54) is 4.68 Å². The van der Waals surface area contributed by atoms with Crippen molar-refractivity contribution in [3.63, 3.8) is 0 Å². The molecule has 0 aliphatic carbocycles. The Labute approximate surface area is 102 Å². The van der Waals surface area contributed by atoms with Gasteiger partial charge < -0.3 is 0 Å². The van der Waals surface area contributed by atoms with Crippen LogP contribution in [-0.2, 0) is 13.5 Å². The van der Waals surface area contributed by atoms with Gasteiger partial charge in [-0.1, -0.05) is 11.6 Å². The van der Waals surface area contributed by atoms with Crippen LogP contribution < -0.4 is 11.3 Å². The lowest BCUT2D eigenvalue weighted by Gasteiger charge is -2.17. The van der Waals surface area contributed by atoms with Gasteiger partial charge in [-0.3, -0.25) is 16.0 Å². The van der Waals surface area contributed by atoms with E-state index in [4.69, 9.17) is 17.4 Å². The average molecular weight is 271 g/mol. The van der Waals surface area contributed by atoms with Crippen LogP contribution in [0.2, 0.25) is 5.15 Å². The van der Waals surface area contributed by atoms with Gasteiger partial charge in [0.05, 0.1) is 12.1 Å². The Morgan fingerprint density at radius 3 is 2.47 bits per heavy atom. The maximum Gasteiger partial charge on any atom is 0.390 e. The number of aromatic nitrogens is 2. The standard InChI is InChI=1S/C9H14ClF3N4/c1-5-7(8(10)17(2)16-5)3-6(15-14)4-9(11,12)13/h6,15H,3-4,14H2,1-2H3. The normalized spacial score (nSPS) is 14.1. The van der Waals surface area contributed by atoms with E-state index >= 15 is 0 Å². The first-order valence-electron chi connectivity index (χ1n) is 4.95. The van der Waals surface area contributed by atoms with Crippen molar-refractivity contribution in [3.05, 3.63) is 16.4 Å².